The number of benzene rings is 2. The van der Waals surface area contributed by atoms with Crippen LogP contribution in [0.1, 0.15) is 52.9 Å². The first-order valence-electron chi connectivity index (χ1n) is 16.9. The molecule has 3 fully saturated rings. The van der Waals surface area contributed by atoms with E-state index in [0.717, 1.165) is 22.9 Å². The Morgan fingerprint density at radius 2 is 1.80 bits per heavy atom. The summed E-state index contributed by atoms with van der Waals surface area (Å²) in [7, 11) is -3.87. The van der Waals surface area contributed by atoms with E-state index in [0.29, 0.717) is 18.7 Å². The summed E-state index contributed by atoms with van der Waals surface area (Å²) in [6.07, 6.45) is 2.39. The highest BCUT2D eigenvalue weighted by Gasteiger charge is 2.61. The van der Waals surface area contributed by atoms with Crippen molar-refractivity contribution in [2.45, 2.75) is 76.3 Å². The molecule has 2 heterocycles. The Labute approximate surface area is 295 Å². The minimum absolute atomic E-state index is 0.0401. The van der Waals surface area contributed by atoms with E-state index >= 15 is 0 Å². The summed E-state index contributed by atoms with van der Waals surface area (Å²) in [6.45, 7) is 8.97. The summed E-state index contributed by atoms with van der Waals surface area (Å²) in [5.41, 5.74) is -2.20. The lowest BCUT2D eigenvalue weighted by Gasteiger charge is -2.35. The van der Waals surface area contributed by atoms with E-state index in [9.17, 15) is 32.0 Å². The molecule has 2 aromatic carbocycles. The number of aromatic nitrogens is 1. The van der Waals surface area contributed by atoms with E-state index in [1.54, 1.807) is 33.0 Å². The molecule has 2 aliphatic carbocycles. The van der Waals surface area contributed by atoms with Crippen LogP contribution in [0.25, 0.3) is 10.8 Å². The lowest BCUT2D eigenvalue weighted by Crippen LogP contribution is -2.57. The van der Waals surface area contributed by atoms with Gasteiger partial charge in [-0.15, -0.1) is 6.58 Å². The zero-order valence-electron chi connectivity index (χ0n) is 28.6. The molecule has 5 atom stereocenters. The van der Waals surface area contributed by atoms with Gasteiger partial charge in [-0.1, -0.05) is 45.0 Å². The first kappa shape index (κ1) is 36.0. The monoisotopic (exact) mass is 720 g/mol. The third-order valence-electron chi connectivity index (χ3n) is 9.79. The average molecular weight is 721 g/mol. The molecular weight excluding hydrogens is 679 g/mol. The van der Waals surface area contributed by atoms with Crippen LogP contribution in [0.2, 0.25) is 0 Å². The molecule has 0 spiro atoms. The van der Waals surface area contributed by atoms with Gasteiger partial charge in [0.05, 0.1) is 23.3 Å². The number of nitrogens with zero attached hydrogens (tertiary/aromatic N) is 2. The van der Waals surface area contributed by atoms with Gasteiger partial charge in [-0.05, 0) is 72.4 Å². The second-order valence-electron chi connectivity index (χ2n) is 14.6. The van der Waals surface area contributed by atoms with Crippen LogP contribution in [-0.4, -0.2) is 72.0 Å². The van der Waals surface area contributed by atoms with E-state index in [-0.39, 0.29) is 31.6 Å². The van der Waals surface area contributed by atoms with Crippen LogP contribution in [0.4, 0.5) is 9.18 Å². The van der Waals surface area contributed by atoms with Crippen molar-refractivity contribution in [3.05, 3.63) is 79.3 Å². The molecule has 270 valence electrons. The standard InChI is InChI=1S/C37H41FN4O8S/c1-5-23-19-37(23,34(45)41-51(47,48)27-14-15-27)20-30(43)29-18-26(49-32-28-9-7-6-8-22(28)16-17-39-32)21-42(29)33(44)31(36(2,3)4)40-35(46)50-25-12-10-24(38)11-13-25/h5-13,16-17,23,26-27,29,31H,1,14-15,18-21H2,2-4H3,(H,40,46)(H,41,45)/t23-,26-,29+,31-,37-/m1/s1. The second kappa shape index (κ2) is 13.7. The number of ether oxygens (including phenoxy) is 2. The van der Waals surface area contributed by atoms with Crippen molar-refractivity contribution in [1.29, 1.82) is 0 Å². The third kappa shape index (κ3) is 7.75. The second-order valence-corrected chi connectivity index (χ2v) is 16.6. The van der Waals surface area contributed by atoms with Crippen LogP contribution in [0.3, 0.4) is 0 Å². The number of nitrogens with one attached hydrogen (secondary N) is 2. The number of pyridine rings is 1. The molecule has 1 aliphatic heterocycles. The number of halogens is 1. The number of hydrogen-bond donors (Lipinski definition) is 2. The molecule has 0 bridgehead atoms. The Balaban J connectivity index is 1.27. The number of allylic oxidation sites excluding steroid dienone is 1. The first-order chi connectivity index (χ1) is 24.1. The average Bonchev–Trinajstić information content (AvgIpc) is 4.01. The van der Waals surface area contributed by atoms with Crippen molar-refractivity contribution in [2.24, 2.45) is 16.7 Å². The van der Waals surface area contributed by atoms with E-state index < -0.39 is 79.7 Å². The number of carbonyl (C=O) groups is 4. The zero-order chi connectivity index (χ0) is 36.7. The molecule has 51 heavy (non-hydrogen) atoms. The fraction of sp³-hybridized carbons (Fsp3) is 0.432. The van der Waals surface area contributed by atoms with Gasteiger partial charge in [0.2, 0.25) is 27.7 Å². The van der Waals surface area contributed by atoms with Crippen molar-refractivity contribution < 1.29 is 41.5 Å². The summed E-state index contributed by atoms with van der Waals surface area (Å²) in [4.78, 5) is 61.0. The molecule has 2 N–H and O–H groups in total. The van der Waals surface area contributed by atoms with Gasteiger partial charge in [-0.3, -0.25) is 19.1 Å². The number of hydrogen-bond acceptors (Lipinski definition) is 9. The Kier molecular flexibility index (Phi) is 9.66. The van der Waals surface area contributed by atoms with Crippen LogP contribution in [0.5, 0.6) is 11.6 Å². The maximum atomic E-state index is 14.5. The Hall–Kier alpha value is -4.85. The first-order valence-corrected chi connectivity index (χ1v) is 18.4. The quantitative estimate of drug-likeness (QED) is 0.253. The number of likely N-dealkylation sites (tertiary alicyclic amines) is 1. The molecule has 3 aromatic rings. The molecule has 12 nitrogen and oxygen atoms in total. The van der Waals surface area contributed by atoms with Gasteiger partial charge in [0.25, 0.3) is 0 Å². The van der Waals surface area contributed by atoms with Crippen LogP contribution in [-0.2, 0) is 24.4 Å². The number of rotatable bonds is 12. The smallest absolute Gasteiger partial charge is 0.413 e. The van der Waals surface area contributed by atoms with Crippen molar-refractivity contribution in [1.82, 2.24) is 19.9 Å². The molecule has 3 aliphatic rings. The molecule has 0 radical (unpaired) electrons. The molecule has 14 heteroatoms. The van der Waals surface area contributed by atoms with Crippen molar-refractivity contribution in [3.63, 3.8) is 0 Å². The minimum Gasteiger partial charge on any atom is -0.472 e. The van der Waals surface area contributed by atoms with Gasteiger partial charge >= 0.3 is 6.09 Å². The van der Waals surface area contributed by atoms with E-state index in [4.69, 9.17) is 9.47 Å². The highest BCUT2D eigenvalue weighted by molar-refractivity contribution is 7.90. The molecule has 3 amide bonds. The fourth-order valence-electron chi connectivity index (χ4n) is 6.66. The summed E-state index contributed by atoms with van der Waals surface area (Å²) in [5.74, 6) is -2.35. The number of Topliss-reactive ketones (excluding diaryl/α,β-unsaturated/α-hetero) is 1. The minimum atomic E-state index is -3.87. The van der Waals surface area contributed by atoms with Crippen LogP contribution in [0, 0.1) is 22.6 Å². The Bertz CT molecular complexity index is 1970. The van der Waals surface area contributed by atoms with Gasteiger partial charge < -0.3 is 19.7 Å². The number of carbonyl (C=O) groups excluding carboxylic acids is 4. The number of sulfonamides is 1. The predicted octanol–water partition coefficient (Wildman–Crippen LogP) is 4.69. The summed E-state index contributed by atoms with van der Waals surface area (Å²) in [6, 6.07) is 11.9. The highest BCUT2D eigenvalue weighted by atomic mass is 32.2. The van der Waals surface area contributed by atoms with Gasteiger partial charge in [0.15, 0.2) is 5.78 Å². The van der Waals surface area contributed by atoms with Gasteiger partial charge in [0, 0.05) is 24.4 Å². The summed E-state index contributed by atoms with van der Waals surface area (Å²) < 4.78 is 52.6. The third-order valence-corrected chi connectivity index (χ3v) is 11.6. The van der Waals surface area contributed by atoms with Crippen molar-refractivity contribution in [2.75, 3.05) is 6.54 Å². The highest BCUT2D eigenvalue weighted by Crippen LogP contribution is 2.57. The number of ketones is 1. The molecule has 1 aromatic heterocycles. The summed E-state index contributed by atoms with van der Waals surface area (Å²) >= 11 is 0. The largest absolute Gasteiger partial charge is 0.472 e. The zero-order valence-corrected chi connectivity index (χ0v) is 29.5. The maximum absolute atomic E-state index is 14.5. The normalized spacial score (nSPS) is 23.6. The van der Waals surface area contributed by atoms with Gasteiger partial charge in [-0.2, -0.15) is 0 Å². The lowest BCUT2D eigenvalue weighted by molar-refractivity contribution is -0.142. The number of fused-ring (bicyclic) bond motifs is 1. The van der Waals surface area contributed by atoms with Gasteiger partial charge in [-0.25, -0.2) is 22.6 Å². The van der Waals surface area contributed by atoms with E-state index in [1.807, 2.05) is 30.3 Å². The molecule has 2 saturated carbocycles. The van der Waals surface area contributed by atoms with E-state index in [2.05, 4.69) is 21.6 Å². The molecule has 0 unspecified atom stereocenters. The van der Waals surface area contributed by atoms with Crippen LogP contribution < -0.4 is 19.5 Å². The Morgan fingerprint density at radius 3 is 2.45 bits per heavy atom. The molecular formula is C37H41FN4O8S. The molecule has 1 saturated heterocycles. The topological polar surface area (TPSA) is 161 Å². The van der Waals surface area contributed by atoms with Crippen LogP contribution in [0.15, 0.2) is 73.4 Å². The Morgan fingerprint density at radius 1 is 1.10 bits per heavy atom. The number of amides is 3. The van der Waals surface area contributed by atoms with Gasteiger partial charge in [0.1, 0.15) is 23.7 Å². The van der Waals surface area contributed by atoms with Crippen molar-refractivity contribution in [3.8, 4) is 11.6 Å². The maximum Gasteiger partial charge on any atom is 0.413 e. The predicted molar refractivity (Wildman–Crippen MR) is 186 cm³/mol. The summed E-state index contributed by atoms with van der Waals surface area (Å²) in [5, 5.41) is 3.62. The fourth-order valence-corrected chi connectivity index (χ4v) is 8.04. The SMILES string of the molecule is C=C[C@@H]1C[C@]1(CC(=O)[C@@H]1C[C@@H](Oc2nccc3ccccc23)CN1C(=O)[C@@H](NC(=O)Oc1ccc(F)cc1)C(C)(C)C)C(=O)NS(=O)(=O)C1CC1. The van der Waals surface area contributed by atoms with Crippen molar-refractivity contribution >= 4 is 44.5 Å². The van der Waals surface area contributed by atoms with Crippen LogP contribution >= 0.6 is 0 Å². The van der Waals surface area contributed by atoms with E-state index in [1.165, 1.54) is 17.0 Å². The molecule has 6 rings (SSSR count). The lowest BCUT2D eigenvalue weighted by atomic mass is 9.85.